The summed E-state index contributed by atoms with van der Waals surface area (Å²) in [7, 11) is 0. The molecule has 22 heavy (non-hydrogen) atoms. The average Bonchev–Trinajstić information content (AvgIpc) is 2.50. The van der Waals surface area contributed by atoms with Crippen LogP contribution in [0.4, 0.5) is 8.78 Å². The van der Waals surface area contributed by atoms with Crippen molar-refractivity contribution >= 4 is 5.91 Å². The van der Waals surface area contributed by atoms with Gasteiger partial charge < -0.3 is 10.4 Å². The molecule has 0 bridgehead atoms. The molecule has 2 aromatic carbocycles. The Morgan fingerprint density at radius 1 is 1.18 bits per heavy atom. The van der Waals surface area contributed by atoms with Crippen LogP contribution < -0.4 is 5.32 Å². The molecule has 0 aliphatic rings. The maximum absolute atomic E-state index is 13.5. The van der Waals surface area contributed by atoms with E-state index in [2.05, 4.69) is 5.32 Å². The number of hydrogen-bond acceptors (Lipinski definition) is 2. The Hall–Kier alpha value is -2.27. The molecule has 0 saturated heterocycles. The lowest BCUT2D eigenvalue weighted by atomic mass is 10.0. The summed E-state index contributed by atoms with van der Waals surface area (Å²) >= 11 is 0. The lowest BCUT2D eigenvalue weighted by Gasteiger charge is -2.14. The molecule has 0 fully saturated rings. The van der Waals surface area contributed by atoms with Crippen LogP contribution in [0.25, 0.3) is 0 Å². The molecule has 2 aromatic rings. The van der Waals surface area contributed by atoms with Gasteiger partial charge in [-0.15, -0.1) is 0 Å². The summed E-state index contributed by atoms with van der Waals surface area (Å²) < 4.78 is 26.5. The zero-order valence-electron chi connectivity index (χ0n) is 12.1. The lowest BCUT2D eigenvalue weighted by molar-refractivity contribution is -0.120. The monoisotopic (exact) mass is 305 g/mol. The summed E-state index contributed by atoms with van der Waals surface area (Å²) in [6.45, 7) is 1.88. The van der Waals surface area contributed by atoms with E-state index in [9.17, 15) is 18.7 Å². The molecule has 0 spiro atoms. The smallest absolute Gasteiger partial charge is 0.224 e. The second-order valence-corrected chi connectivity index (χ2v) is 5.07. The van der Waals surface area contributed by atoms with Gasteiger partial charge in [-0.25, -0.2) is 8.78 Å². The number of halogens is 2. The van der Waals surface area contributed by atoms with E-state index in [1.54, 1.807) is 12.1 Å². The van der Waals surface area contributed by atoms with Crippen LogP contribution in [0.1, 0.15) is 22.8 Å². The Balaban J connectivity index is 1.93. The van der Waals surface area contributed by atoms with Gasteiger partial charge in [0, 0.05) is 12.1 Å². The van der Waals surface area contributed by atoms with E-state index in [1.165, 1.54) is 12.1 Å². The molecule has 3 nitrogen and oxygen atoms in total. The van der Waals surface area contributed by atoms with Crippen LogP contribution in [0.2, 0.25) is 0 Å². The third-order valence-corrected chi connectivity index (χ3v) is 3.42. The van der Waals surface area contributed by atoms with Gasteiger partial charge in [0.25, 0.3) is 0 Å². The van der Waals surface area contributed by atoms with Crippen LogP contribution in [0, 0.1) is 18.6 Å². The predicted octanol–water partition coefficient (Wildman–Crippen LogP) is 2.67. The van der Waals surface area contributed by atoms with Crippen molar-refractivity contribution in [3.05, 3.63) is 70.8 Å². The van der Waals surface area contributed by atoms with Crippen molar-refractivity contribution in [2.45, 2.75) is 19.4 Å². The minimum Gasteiger partial charge on any atom is -0.387 e. The Morgan fingerprint density at radius 2 is 1.91 bits per heavy atom. The molecule has 0 radical (unpaired) electrons. The number of aliphatic hydroxyl groups excluding tert-OH is 1. The van der Waals surface area contributed by atoms with Crippen LogP contribution in [0.15, 0.2) is 42.5 Å². The second kappa shape index (κ2) is 7.13. The molecule has 1 atom stereocenters. The van der Waals surface area contributed by atoms with Gasteiger partial charge >= 0.3 is 0 Å². The summed E-state index contributed by atoms with van der Waals surface area (Å²) in [5.74, 6) is -2.47. The van der Waals surface area contributed by atoms with Crippen molar-refractivity contribution in [3.8, 4) is 0 Å². The molecule has 0 heterocycles. The molecular weight excluding hydrogens is 288 g/mol. The van der Waals surface area contributed by atoms with Crippen molar-refractivity contribution in [2.24, 2.45) is 0 Å². The number of carbonyl (C=O) groups excluding carboxylic acids is 1. The van der Waals surface area contributed by atoms with Crippen molar-refractivity contribution in [2.75, 3.05) is 6.54 Å². The number of benzene rings is 2. The zero-order chi connectivity index (χ0) is 16.1. The lowest BCUT2D eigenvalue weighted by Crippen LogP contribution is -2.30. The molecule has 1 amide bonds. The number of aryl methyl sites for hydroxylation is 1. The van der Waals surface area contributed by atoms with Crippen molar-refractivity contribution in [1.29, 1.82) is 0 Å². The molecule has 5 heteroatoms. The third kappa shape index (κ3) is 3.89. The first kappa shape index (κ1) is 16.1. The summed E-state index contributed by atoms with van der Waals surface area (Å²) in [6, 6.07) is 11.0. The standard InChI is InChI=1S/C17H17F2NO2/c1-11-5-2-3-7-13(11)15(21)10-20-16(22)9-12-6-4-8-14(18)17(12)19/h2-8,15,21H,9-10H2,1H3,(H,20,22). The summed E-state index contributed by atoms with van der Waals surface area (Å²) in [5.41, 5.74) is 1.63. The second-order valence-electron chi connectivity index (χ2n) is 5.07. The first-order valence-corrected chi connectivity index (χ1v) is 6.92. The van der Waals surface area contributed by atoms with Crippen molar-refractivity contribution in [1.82, 2.24) is 5.32 Å². The van der Waals surface area contributed by atoms with Crippen LogP contribution >= 0.6 is 0 Å². The van der Waals surface area contributed by atoms with E-state index in [-0.39, 0.29) is 18.5 Å². The fourth-order valence-electron chi connectivity index (χ4n) is 2.20. The van der Waals surface area contributed by atoms with Gasteiger partial charge in [-0.3, -0.25) is 4.79 Å². The highest BCUT2D eigenvalue weighted by molar-refractivity contribution is 5.78. The number of hydrogen-bond donors (Lipinski definition) is 2. The molecule has 0 saturated carbocycles. The van der Waals surface area contributed by atoms with E-state index in [0.717, 1.165) is 17.2 Å². The van der Waals surface area contributed by atoms with Crippen molar-refractivity contribution in [3.63, 3.8) is 0 Å². The molecule has 2 N–H and O–H groups in total. The first-order chi connectivity index (χ1) is 10.5. The van der Waals surface area contributed by atoms with Gasteiger partial charge in [0.1, 0.15) is 0 Å². The normalized spacial score (nSPS) is 12.0. The van der Waals surface area contributed by atoms with E-state index in [0.29, 0.717) is 0 Å². The van der Waals surface area contributed by atoms with Gasteiger partial charge in [-0.2, -0.15) is 0 Å². The van der Waals surface area contributed by atoms with E-state index in [1.807, 2.05) is 19.1 Å². The fourth-order valence-corrected chi connectivity index (χ4v) is 2.20. The Kier molecular flexibility index (Phi) is 5.22. The number of aliphatic hydroxyl groups is 1. The van der Waals surface area contributed by atoms with E-state index < -0.39 is 23.6 Å². The largest absolute Gasteiger partial charge is 0.387 e. The molecule has 0 aliphatic carbocycles. The zero-order valence-corrected chi connectivity index (χ0v) is 12.1. The Morgan fingerprint density at radius 3 is 2.64 bits per heavy atom. The number of nitrogens with one attached hydrogen (secondary N) is 1. The molecule has 0 aromatic heterocycles. The van der Waals surface area contributed by atoms with Gasteiger partial charge in [-0.05, 0) is 24.1 Å². The highest BCUT2D eigenvalue weighted by atomic mass is 19.2. The Bertz CT molecular complexity index is 673. The first-order valence-electron chi connectivity index (χ1n) is 6.92. The maximum Gasteiger partial charge on any atom is 0.224 e. The van der Waals surface area contributed by atoms with Crippen molar-refractivity contribution < 1.29 is 18.7 Å². The minimum absolute atomic E-state index is 0.0112. The average molecular weight is 305 g/mol. The molecular formula is C17H17F2NO2. The summed E-state index contributed by atoms with van der Waals surface area (Å²) in [6.07, 6.45) is -1.12. The predicted molar refractivity (Wildman–Crippen MR) is 79.2 cm³/mol. The number of rotatable bonds is 5. The van der Waals surface area contributed by atoms with E-state index in [4.69, 9.17) is 0 Å². The SMILES string of the molecule is Cc1ccccc1C(O)CNC(=O)Cc1cccc(F)c1F. The molecule has 2 rings (SSSR count). The van der Waals surface area contributed by atoms with Crippen LogP contribution in [0.3, 0.4) is 0 Å². The number of carbonyl (C=O) groups is 1. The fraction of sp³-hybridized carbons (Fsp3) is 0.235. The Labute approximate surface area is 127 Å². The van der Waals surface area contributed by atoms with Crippen LogP contribution in [0.5, 0.6) is 0 Å². The summed E-state index contributed by atoms with van der Waals surface area (Å²) in [4.78, 5) is 11.8. The molecule has 0 aliphatic heterocycles. The third-order valence-electron chi connectivity index (χ3n) is 3.42. The molecule has 1 unspecified atom stereocenters. The highest BCUT2D eigenvalue weighted by Gasteiger charge is 2.14. The van der Waals surface area contributed by atoms with Gasteiger partial charge in [-0.1, -0.05) is 36.4 Å². The molecule has 116 valence electrons. The minimum atomic E-state index is -1.02. The topological polar surface area (TPSA) is 49.3 Å². The van der Waals surface area contributed by atoms with E-state index >= 15 is 0 Å². The van der Waals surface area contributed by atoms with Gasteiger partial charge in [0.05, 0.1) is 12.5 Å². The highest BCUT2D eigenvalue weighted by Crippen LogP contribution is 2.16. The summed E-state index contributed by atoms with van der Waals surface area (Å²) in [5, 5.41) is 12.6. The maximum atomic E-state index is 13.5. The number of amides is 1. The van der Waals surface area contributed by atoms with Gasteiger partial charge in [0.15, 0.2) is 11.6 Å². The van der Waals surface area contributed by atoms with Crippen LogP contribution in [-0.2, 0) is 11.2 Å². The quantitative estimate of drug-likeness (QED) is 0.892. The van der Waals surface area contributed by atoms with Gasteiger partial charge in [0.2, 0.25) is 5.91 Å². The van der Waals surface area contributed by atoms with Crippen LogP contribution in [-0.4, -0.2) is 17.6 Å².